The number of nitrogens with zero attached hydrogens (tertiary/aromatic N) is 2. The largest absolute Gasteiger partial charge is 0.299 e. The van der Waals surface area contributed by atoms with Gasteiger partial charge in [0.1, 0.15) is 0 Å². The van der Waals surface area contributed by atoms with Gasteiger partial charge in [-0.25, -0.2) is 0 Å². The molecule has 0 fully saturated rings. The first-order valence-corrected chi connectivity index (χ1v) is 6.47. The second-order valence-corrected chi connectivity index (χ2v) is 4.37. The Labute approximate surface area is 105 Å². The maximum atomic E-state index is 8.61. The average molecular weight is 230 g/mol. The zero-order valence-electron chi connectivity index (χ0n) is 10.9. The number of unbranched alkanes of at least 4 members (excludes halogenated alkanes) is 1. The molecular formula is C15H22N2. The third kappa shape index (κ3) is 5.01. The van der Waals surface area contributed by atoms with Crippen LogP contribution in [0.25, 0.3) is 0 Å². The van der Waals surface area contributed by atoms with Crippen molar-refractivity contribution in [2.45, 2.75) is 39.7 Å². The predicted molar refractivity (Wildman–Crippen MR) is 71.6 cm³/mol. The Kier molecular flexibility index (Phi) is 6.35. The van der Waals surface area contributed by atoms with E-state index in [1.54, 1.807) is 0 Å². The fourth-order valence-corrected chi connectivity index (χ4v) is 1.84. The molecule has 1 rings (SSSR count). The van der Waals surface area contributed by atoms with Crippen LogP contribution in [0.2, 0.25) is 0 Å². The molecule has 0 saturated carbocycles. The lowest BCUT2D eigenvalue weighted by atomic mass is 10.1. The molecule has 92 valence electrons. The van der Waals surface area contributed by atoms with E-state index in [9.17, 15) is 0 Å². The molecule has 0 aliphatic heterocycles. The van der Waals surface area contributed by atoms with Crippen molar-refractivity contribution < 1.29 is 0 Å². The fraction of sp³-hybridized carbons (Fsp3) is 0.533. The number of hydrogen-bond acceptors (Lipinski definition) is 2. The molecule has 0 aliphatic carbocycles. The van der Waals surface area contributed by atoms with Gasteiger partial charge >= 0.3 is 0 Å². The molecule has 0 aromatic heterocycles. The summed E-state index contributed by atoms with van der Waals surface area (Å²) in [4.78, 5) is 2.46. The number of hydrogen-bond donors (Lipinski definition) is 0. The highest BCUT2D eigenvalue weighted by atomic mass is 15.1. The first kappa shape index (κ1) is 13.7. The summed E-state index contributed by atoms with van der Waals surface area (Å²) >= 11 is 0. The van der Waals surface area contributed by atoms with Crippen LogP contribution in [0.1, 0.15) is 37.8 Å². The minimum atomic E-state index is 0.508. The maximum absolute atomic E-state index is 8.61. The van der Waals surface area contributed by atoms with E-state index in [0.717, 1.165) is 18.7 Å². The van der Waals surface area contributed by atoms with E-state index < -0.39 is 0 Å². The van der Waals surface area contributed by atoms with Gasteiger partial charge in [-0.3, -0.25) is 4.90 Å². The maximum Gasteiger partial charge on any atom is 0.0669 e. The molecule has 0 saturated heterocycles. The van der Waals surface area contributed by atoms with E-state index in [0.29, 0.717) is 6.42 Å². The third-order valence-corrected chi connectivity index (χ3v) is 2.99. The summed E-state index contributed by atoms with van der Waals surface area (Å²) in [6.45, 7) is 7.72. The summed E-state index contributed by atoms with van der Waals surface area (Å²) in [5.41, 5.74) is 2.44. The third-order valence-electron chi connectivity index (χ3n) is 2.99. The minimum Gasteiger partial charge on any atom is -0.299 e. The standard InChI is InChI=1S/C15H22N2/c1-3-5-12-17(4-2)13-15-8-6-14(7-9-15)10-11-16/h6-9H,3-5,10,12-13H2,1-2H3. The number of benzene rings is 1. The second-order valence-electron chi connectivity index (χ2n) is 4.37. The summed E-state index contributed by atoms with van der Waals surface area (Å²) in [5.74, 6) is 0. The zero-order valence-corrected chi connectivity index (χ0v) is 10.9. The topological polar surface area (TPSA) is 27.0 Å². The molecule has 0 spiro atoms. The molecule has 2 nitrogen and oxygen atoms in total. The van der Waals surface area contributed by atoms with Crippen LogP contribution in [0.3, 0.4) is 0 Å². The summed E-state index contributed by atoms with van der Waals surface area (Å²) < 4.78 is 0. The van der Waals surface area contributed by atoms with E-state index in [2.05, 4.69) is 49.1 Å². The van der Waals surface area contributed by atoms with Crippen LogP contribution in [0.4, 0.5) is 0 Å². The van der Waals surface area contributed by atoms with Gasteiger partial charge in [0.2, 0.25) is 0 Å². The smallest absolute Gasteiger partial charge is 0.0669 e. The van der Waals surface area contributed by atoms with Crippen molar-refractivity contribution in [2.75, 3.05) is 13.1 Å². The summed E-state index contributed by atoms with van der Waals surface area (Å²) in [6.07, 6.45) is 3.02. The minimum absolute atomic E-state index is 0.508. The van der Waals surface area contributed by atoms with Gasteiger partial charge in [-0.1, -0.05) is 44.5 Å². The highest BCUT2D eigenvalue weighted by Crippen LogP contribution is 2.08. The van der Waals surface area contributed by atoms with Crippen LogP contribution in [0.5, 0.6) is 0 Å². The van der Waals surface area contributed by atoms with Crippen LogP contribution in [0.15, 0.2) is 24.3 Å². The summed E-state index contributed by atoms with van der Waals surface area (Å²) in [5, 5.41) is 8.61. The highest BCUT2D eigenvalue weighted by molar-refractivity contribution is 5.24. The predicted octanol–water partition coefficient (Wildman–Crippen LogP) is 3.37. The van der Waals surface area contributed by atoms with Crippen LogP contribution < -0.4 is 0 Å². The SMILES string of the molecule is CCCCN(CC)Cc1ccc(CC#N)cc1. The van der Waals surface area contributed by atoms with E-state index in [1.807, 2.05) is 0 Å². The van der Waals surface area contributed by atoms with E-state index in [4.69, 9.17) is 5.26 Å². The van der Waals surface area contributed by atoms with Crippen molar-refractivity contribution in [3.63, 3.8) is 0 Å². The molecule has 0 bridgehead atoms. The molecule has 0 atom stereocenters. The quantitative estimate of drug-likeness (QED) is 0.718. The molecule has 1 aromatic rings. The van der Waals surface area contributed by atoms with Gasteiger partial charge in [-0.2, -0.15) is 5.26 Å². The first-order valence-electron chi connectivity index (χ1n) is 6.47. The summed E-state index contributed by atoms with van der Waals surface area (Å²) in [6, 6.07) is 10.6. The molecule has 0 unspecified atom stereocenters. The number of rotatable bonds is 7. The lowest BCUT2D eigenvalue weighted by molar-refractivity contribution is 0.275. The lowest BCUT2D eigenvalue weighted by Gasteiger charge is -2.20. The van der Waals surface area contributed by atoms with Crippen molar-refractivity contribution in [2.24, 2.45) is 0 Å². The Bertz CT molecular complexity index is 348. The molecule has 2 heteroatoms. The van der Waals surface area contributed by atoms with Crippen molar-refractivity contribution in [1.82, 2.24) is 4.90 Å². The lowest BCUT2D eigenvalue weighted by Crippen LogP contribution is -2.23. The van der Waals surface area contributed by atoms with Crippen molar-refractivity contribution in [3.05, 3.63) is 35.4 Å². The van der Waals surface area contributed by atoms with Gasteiger partial charge in [-0.15, -0.1) is 0 Å². The average Bonchev–Trinajstić information content (AvgIpc) is 2.37. The Morgan fingerprint density at radius 1 is 1.12 bits per heavy atom. The summed E-state index contributed by atoms with van der Waals surface area (Å²) in [7, 11) is 0. The monoisotopic (exact) mass is 230 g/mol. The van der Waals surface area contributed by atoms with Crippen molar-refractivity contribution >= 4 is 0 Å². The second kappa shape index (κ2) is 7.86. The van der Waals surface area contributed by atoms with Gasteiger partial charge in [0, 0.05) is 6.54 Å². The van der Waals surface area contributed by atoms with Crippen LogP contribution in [-0.2, 0) is 13.0 Å². The zero-order chi connectivity index (χ0) is 12.5. The Morgan fingerprint density at radius 3 is 2.29 bits per heavy atom. The fourth-order valence-electron chi connectivity index (χ4n) is 1.84. The van der Waals surface area contributed by atoms with Crippen LogP contribution >= 0.6 is 0 Å². The van der Waals surface area contributed by atoms with Crippen LogP contribution in [0, 0.1) is 11.3 Å². The van der Waals surface area contributed by atoms with E-state index in [1.165, 1.54) is 24.9 Å². The number of nitriles is 1. The van der Waals surface area contributed by atoms with E-state index >= 15 is 0 Å². The molecular weight excluding hydrogens is 208 g/mol. The van der Waals surface area contributed by atoms with Gasteiger partial charge in [0.15, 0.2) is 0 Å². The van der Waals surface area contributed by atoms with E-state index in [-0.39, 0.29) is 0 Å². The van der Waals surface area contributed by atoms with Gasteiger partial charge in [0.05, 0.1) is 12.5 Å². The van der Waals surface area contributed by atoms with Gasteiger partial charge < -0.3 is 0 Å². The Balaban J connectivity index is 2.52. The molecule has 0 N–H and O–H groups in total. The molecule has 0 heterocycles. The molecule has 0 aliphatic rings. The van der Waals surface area contributed by atoms with Crippen molar-refractivity contribution in [3.8, 4) is 6.07 Å². The van der Waals surface area contributed by atoms with Crippen LogP contribution in [-0.4, -0.2) is 18.0 Å². The Morgan fingerprint density at radius 2 is 1.76 bits per heavy atom. The first-order chi connectivity index (χ1) is 8.30. The normalized spacial score (nSPS) is 10.5. The molecule has 17 heavy (non-hydrogen) atoms. The molecule has 0 amide bonds. The Hall–Kier alpha value is -1.33. The van der Waals surface area contributed by atoms with Crippen molar-refractivity contribution in [1.29, 1.82) is 5.26 Å². The van der Waals surface area contributed by atoms with Gasteiger partial charge in [-0.05, 0) is 30.6 Å². The van der Waals surface area contributed by atoms with Gasteiger partial charge in [0.25, 0.3) is 0 Å². The highest BCUT2D eigenvalue weighted by Gasteiger charge is 2.02. The molecule has 0 radical (unpaired) electrons. The molecule has 1 aromatic carbocycles.